The van der Waals surface area contributed by atoms with Gasteiger partial charge in [-0.3, -0.25) is 14.6 Å². The number of nitrogens with one attached hydrogen (secondary N) is 2. The lowest BCUT2D eigenvalue weighted by atomic mass is 10.0. The van der Waals surface area contributed by atoms with Gasteiger partial charge in [-0.25, -0.2) is 4.98 Å². The Hall–Kier alpha value is -4.46. The summed E-state index contributed by atoms with van der Waals surface area (Å²) in [7, 11) is 0. The SMILES string of the molecule is CC(C)c1cc(=O)[nH]c(-n2nc(-c3ccco3)cc2NC(=O)c2cccc3ccccc23)n1. The van der Waals surface area contributed by atoms with Crippen molar-refractivity contribution in [3.8, 4) is 17.4 Å². The van der Waals surface area contributed by atoms with Gasteiger partial charge in [-0.1, -0.05) is 50.2 Å². The van der Waals surface area contributed by atoms with Crippen LogP contribution in [0.4, 0.5) is 5.82 Å². The maximum atomic E-state index is 13.3. The highest BCUT2D eigenvalue weighted by atomic mass is 16.3. The van der Waals surface area contributed by atoms with Gasteiger partial charge in [-0.2, -0.15) is 9.78 Å². The molecule has 0 aliphatic heterocycles. The lowest BCUT2D eigenvalue weighted by molar-refractivity contribution is 0.102. The van der Waals surface area contributed by atoms with Crippen LogP contribution in [0.1, 0.15) is 35.8 Å². The molecule has 8 nitrogen and oxygen atoms in total. The highest BCUT2D eigenvalue weighted by molar-refractivity contribution is 6.12. The van der Waals surface area contributed by atoms with Crippen LogP contribution in [0.25, 0.3) is 28.2 Å². The van der Waals surface area contributed by atoms with E-state index in [0.29, 0.717) is 28.5 Å². The van der Waals surface area contributed by atoms with Crippen LogP contribution in [0, 0.1) is 0 Å². The molecule has 33 heavy (non-hydrogen) atoms. The number of H-pyrrole nitrogens is 1. The molecule has 0 unspecified atom stereocenters. The zero-order valence-corrected chi connectivity index (χ0v) is 18.1. The first-order valence-electron chi connectivity index (χ1n) is 10.5. The van der Waals surface area contributed by atoms with Gasteiger partial charge >= 0.3 is 0 Å². The van der Waals surface area contributed by atoms with E-state index >= 15 is 0 Å². The van der Waals surface area contributed by atoms with E-state index in [0.717, 1.165) is 10.8 Å². The molecule has 0 radical (unpaired) electrons. The second-order valence-corrected chi connectivity index (χ2v) is 7.93. The minimum Gasteiger partial charge on any atom is -0.463 e. The first kappa shape index (κ1) is 20.4. The molecule has 0 saturated carbocycles. The molecule has 0 aliphatic carbocycles. The number of anilines is 1. The average molecular weight is 439 g/mol. The smallest absolute Gasteiger partial charge is 0.257 e. The molecule has 0 saturated heterocycles. The highest BCUT2D eigenvalue weighted by Crippen LogP contribution is 2.26. The molecule has 0 fully saturated rings. The maximum absolute atomic E-state index is 13.3. The molecule has 3 aromatic heterocycles. The Kier molecular flexibility index (Phi) is 5.10. The predicted molar refractivity (Wildman–Crippen MR) is 126 cm³/mol. The van der Waals surface area contributed by atoms with Gasteiger partial charge < -0.3 is 9.73 Å². The molecule has 8 heteroatoms. The number of nitrogens with zero attached hydrogens (tertiary/aromatic N) is 3. The highest BCUT2D eigenvalue weighted by Gasteiger charge is 2.19. The molecule has 2 aromatic carbocycles. The number of aromatic nitrogens is 4. The third-order valence-electron chi connectivity index (χ3n) is 5.30. The minimum atomic E-state index is -0.304. The molecule has 0 aliphatic rings. The predicted octanol–water partition coefficient (Wildman–Crippen LogP) is 4.74. The van der Waals surface area contributed by atoms with Gasteiger partial charge in [-0.15, -0.1) is 0 Å². The number of fused-ring (bicyclic) bond motifs is 1. The normalized spacial score (nSPS) is 11.2. The molecule has 5 aromatic rings. The van der Waals surface area contributed by atoms with Gasteiger partial charge in [0.05, 0.1) is 12.0 Å². The Labute approximate surface area is 188 Å². The molecular weight excluding hydrogens is 418 g/mol. The van der Waals surface area contributed by atoms with Crippen LogP contribution in [-0.4, -0.2) is 25.7 Å². The van der Waals surface area contributed by atoms with Crippen molar-refractivity contribution in [1.29, 1.82) is 0 Å². The van der Waals surface area contributed by atoms with Crippen LogP contribution >= 0.6 is 0 Å². The molecule has 5 rings (SSSR count). The van der Waals surface area contributed by atoms with Crippen molar-refractivity contribution < 1.29 is 9.21 Å². The maximum Gasteiger partial charge on any atom is 0.257 e. The quantitative estimate of drug-likeness (QED) is 0.411. The largest absolute Gasteiger partial charge is 0.463 e. The molecule has 0 atom stereocenters. The fourth-order valence-electron chi connectivity index (χ4n) is 3.64. The van der Waals surface area contributed by atoms with Gasteiger partial charge in [0.25, 0.3) is 11.5 Å². The van der Waals surface area contributed by atoms with E-state index in [1.54, 1.807) is 30.5 Å². The number of hydrogen-bond acceptors (Lipinski definition) is 5. The zero-order valence-electron chi connectivity index (χ0n) is 18.1. The molecule has 1 amide bonds. The van der Waals surface area contributed by atoms with Crippen molar-refractivity contribution in [1.82, 2.24) is 19.7 Å². The lowest BCUT2D eigenvalue weighted by Gasteiger charge is -2.11. The van der Waals surface area contributed by atoms with Gasteiger partial charge in [0.1, 0.15) is 11.5 Å². The molecule has 0 bridgehead atoms. The monoisotopic (exact) mass is 439 g/mol. The summed E-state index contributed by atoms with van der Waals surface area (Å²) in [5.74, 6) is 0.818. The fraction of sp³-hybridized carbons (Fsp3) is 0.120. The number of benzene rings is 2. The van der Waals surface area contributed by atoms with Crippen molar-refractivity contribution >= 4 is 22.5 Å². The van der Waals surface area contributed by atoms with Crippen molar-refractivity contribution in [3.63, 3.8) is 0 Å². The summed E-state index contributed by atoms with van der Waals surface area (Å²) in [5.41, 5.74) is 1.34. The van der Waals surface area contributed by atoms with Crippen LogP contribution in [0.5, 0.6) is 0 Å². The number of carbonyl (C=O) groups excluding carboxylic acids is 1. The van der Waals surface area contributed by atoms with E-state index < -0.39 is 0 Å². The summed E-state index contributed by atoms with van der Waals surface area (Å²) in [6.07, 6.45) is 1.54. The number of hydrogen-bond donors (Lipinski definition) is 2. The first-order valence-corrected chi connectivity index (χ1v) is 10.5. The summed E-state index contributed by atoms with van der Waals surface area (Å²) in [5, 5.41) is 9.27. The van der Waals surface area contributed by atoms with Crippen molar-refractivity contribution in [2.45, 2.75) is 19.8 Å². The zero-order chi connectivity index (χ0) is 22.9. The summed E-state index contributed by atoms with van der Waals surface area (Å²) < 4.78 is 6.89. The minimum absolute atomic E-state index is 0.0416. The van der Waals surface area contributed by atoms with E-state index in [2.05, 4.69) is 20.4 Å². The van der Waals surface area contributed by atoms with Crippen molar-refractivity contribution in [3.05, 3.63) is 94.6 Å². The number of rotatable bonds is 5. The summed E-state index contributed by atoms with van der Waals surface area (Å²) in [6.45, 7) is 3.90. The van der Waals surface area contributed by atoms with Gasteiger partial charge in [0, 0.05) is 17.7 Å². The second-order valence-electron chi connectivity index (χ2n) is 7.93. The van der Waals surface area contributed by atoms with E-state index in [9.17, 15) is 9.59 Å². The molecule has 0 spiro atoms. The van der Waals surface area contributed by atoms with Crippen LogP contribution in [-0.2, 0) is 0 Å². The van der Waals surface area contributed by atoms with Crippen LogP contribution in [0.15, 0.2) is 82.2 Å². The first-order chi connectivity index (χ1) is 16.0. The van der Waals surface area contributed by atoms with Crippen LogP contribution in [0.2, 0.25) is 0 Å². The Morgan fingerprint density at radius 3 is 2.67 bits per heavy atom. The second kappa shape index (κ2) is 8.23. The number of amides is 1. The summed E-state index contributed by atoms with van der Waals surface area (Å²) in [4.78, 5) is 32.8. The Bertz CT molecular complexity index is 1510. The topological polar surface area (TPSA) is 106 Å². The van der Waals surface area contributed by atoms with Crippen LogP contribution in [0.3, 0.4) is 0 Å². The number of carbonyl (C=O) groups is 1. The van der Waals surface area contributed by atoms with Crippen molar-refractivity contribution in [2.75, 3.05) is 5.32 Å². The van der Waals surface area contributed by atoms with Gasteiger partial charge in [0.2, 0.25) is 5.95 Å². The van der Waals surface area contributed by atoms with Crippen molar-refractivity contribution in [2.24, 2.45) is 0 Å². The van der Waals surface area contributed by atoms with E-state index in [4.69, 9.17) is 4.42 Å². The Morgan fingerprint density at radius 2 is 1.88 bits per heavy atom. The molecule has 3 heterocycles. The summed E-state index contributed by atoms with van der Waals surface area (Å²) in [6, 6.07) is 19.9. The average Bonchev–Trinajstić information content (AvgIpc) is 3.48. The third kappa shape index (κ3) is 3.94. The Balaban J connectivity index is 1.61. The molecular formula is C25H21N5O3. The molecule has 2 N–H and O–H groups in total. The number of aromatic amines is 1. The lowest BCUT2D eigenvalue weighted by Crippen LogP contribution is -2.19. The number of furan rings is 1. The standard InChI is InChI=1S/C25H21N5O3/c1-15(2)19-14-23(31)28-25(26-19)30-22(13-20(29-30)21-11-6-12-33-21)27-24(32)18-10-5-8-16-7-3-4-9-17(16)18/h3-15H,1-2H3,(H,27,32)(H,26,28,31). The fourth-order valence-corrected chi connectivity index (χ4v) is 3.64. The van der Waals surface area contributed by atoms with Gasteiger partial charge in [-0.05, 0) is 34.9 Å². The van der Waals surface area contributed by atoms with E-state index in [1.165, 1.54) is 10.7 Å². The van der Waals surface area contributed by atoms with Gasteiger partial charge in [0.15, 0.2) is 5.76 Å². The third-order valence-corrected chi connectivity index (χ3v) is 5.30. The Morgan fingerprint density at radius 1 is 1.06 bits per heavy atom. The van der Waals surface area contributed by atoms with E-state index in [-0.39, 0.29) is 23.3 Å². The van der Waals surface area contributed by atoms with E-state index in [1.807, 2.05) is 50.2 Å². The van der Waals surface area contributed by atoms with Crippen LogP contribution < -0.4 is 10.9 Å². The molecule has 164 valence electrons. The summed E-state index contributed by atoms with van der Waals surface area (Å²) >= 11 is 0.